The van der Waals surface area contributed by atoms with Gasteiger partial charge in [0.05, 0.1) is 6.61 Å². The van der Waals surface area contributed by atoms with Gasteiger partial charge in [-0.25, -0.2) is 0 Å². The van der Waals surface area contributed by atoms with Gasteiger partial charge in [-0.05, 0) is 6.42 Å². The summed E-state index contributed by atoms with van der Waals surface area (Å²) >= 11 is 0. The van der Waals surface area contributed by atoms with Crippen LogP contribution >= 0.6 is 0 Å². The van der Waals surface area contributed by atoms with Crippen molar-refractivity contribution < 1.29 is 29.9 Å². The third-order valence-corrected chi connectivity index (χ3v) is 2.90. The van der Waals surface area contributed by atoms with Crippen LogP contribution in [-0.4, -0.2) is 64.3 Å². The van der Waals surface area contributed by atoms with Crippen LogP contribution in [0.2, 0.25) is 0 Å². The lowest BCUT2D eigenvalue weighted by Gasteiger charge is -2.39. The number of unbranched alkanes of at least 4 members (excludes halogenated alkanes) is 2. The maximum absolute atomic E-state index is 9.74. The highest BCUT2D eigenvalue weighted by molar-refractivity contribution is 4.89. The number of hydrogen-bond acceptors (Lipinski definition) is 6. The van der Waals surface area contributed by atoms with Gasteiger partial charge < -0.3 is 29.9 Å². The Morgan fingerprint density at radius 1 is 1.12 bits per heavy atom. The first-order chi connectivity index (χ1) is 8.11. The maximum Gasteiger partial charge on any atom is 0.184 e. The lowest BCUT2D eigenvalue weighted by atomic mass is 9.99. The minimum Gasteiger partial charge on any atom is -0.394 e. The molecule has 0 aromatic heterocycles. The largest absolute Gasteiger partial charge is 0.394 e. The Morgan fingerprint density at radius 3 is 2.41 bits per heavy atom. The second-order valence-electron chi connectivity index (χ2n) is 4.27. The topological polar surface area (TPSA) is 99.4 Å². The van der Waals surface area contributed by atoms with Crippen LogP contribution in [0.1, 0.15) is 26.2 Å². The first-order valence-corrected chi connectivity index (χ1v) is 6.04. The summed E-state index contributed by atoms with van der Waals surface area (Å²) in [6.07, 6.45) is -2.90. The van der Waals surface area contributed by atoms with Crippen LogP contribution in [0, 0.1) is 0 Å². The molecule has 6 nitrogen and oxygen atoms in total. The summed E-state index contributed by atoms with van der Waals surface area (Å²) in [5.74, 6) is 0. The van der Waals surface area contributed by atoms with Gasteiger partial charge in [-0.1, -0.05) is 19.8 Å². The molecule has 1 aliphatic heterocycles. The number of aliphatic hydroxyl groups excluding tert-OH is 4. The van der Waals surface area contributed by atoms with E-state index in [1.54, 1.807) is 0 Å². The molecular weight excluding hydrogens is 228 g/mol. The predicted molar refractivity (Wildman–Crippen MR) is 59.2 cm³/mol. The Bertz CT molecular complexity index is 212. The van der Waals surface area contributed by atoms with E-state index >= 15 is 0 Å². The smallest absolute Gasteiger partial charge is 0.184 e. The minimum atomic E-state index is -1.33. The van der Waals surface area contributed by atoms with Crippen molar-refractivity contribution in [2.75, 3.05) is 13.2 Å². The molecule has 1 fully saturated rings. The van der Waals surface area contributed by atoms with Crippen molar-refractivity contribution in [2.45, 2.75) is 56.9 Å². The van der Waals surface area contributed by atoms with Crippen LogP contribution in [0.4, 0.5) is 0 Å². The highest BCUT2D eigenvalue weighted by atomic mass is 16.7. The summed E-state index contributed by atoms with van der Waals surface area (Å²) in [6, 6.07) is 0. The fraction of sp³-hybridized carbons (Fsp3) is 1.00. The van der Waals surface area contributed by atoms with E-state index in [1.165, 1.54) is 0 Å². The van der Waals surface area contributed by atoms with Crippen molar-refractivity contribution in [2.24, 2.45) is 0 Å². The van der Waals surface area contributed by atoms with E-state index in [-0.39, 0.29) is 0 Å². The fourth-order valence-corrected chi connectivity index (χ4v) is 1.82. The molecule has 1 rings (SSSR count). The Balaban J connectivity index is 2.43. The standard InChI is InChI=1S/C11H22O6/c1-2-3-4-5-16-10-9(14)8(13)7(6-12)17-11(10)15/h7-15H,2-6H2,1H3/t7-,8-,9+,10-,11?/m1/s1. The Hall–Kier alpha value is -0.240. The number of ether oxygens (including phenoxy) is 2. The third-order valence-electron chi connectivity index (χ3n) is 2.90. The van der Waals surface area contributed by atoms with E-state index in [9.17, 15) is 15.3 Å². The molecule has 1 unspecified atom stereocenters. The average Bonchev–Trinajstić information content (AvgIpc) is 2.32. The molecule has 4 N–H and O–H groups in total. The zero-order chi connectivity index (χ0) is 12.8. The predicted octanol–water partition coefficient (Wildman–Crippen LogP) is -1.01. The molecule has 17 heavy (non-hydrogen) atoms. The molecule has 0 aromatic rings. The summed E-state index contributed by atoms with van der Waals surface area (Å²) in [5.41, 5.74) is 0. The van der Waals surface area contributed by atoms with E-state index in [2.05, 4.69) is 6.92 Å². The van der Waals surface area contributed by atoms with Crippen molar-refractivity contribution in [3.8, 4) is 0 Å². The van der Waals surface area contributed by atoms with Gasteiger partial charge >= 0.3 is 0 Å². The highest BCUT2D eigenvalue weighted by Gasteiger charge is 2.44. The van der Waals surface area contributed by atoms with Gasteiger partial charge in [0.15, 0.2) is 6.29 Å². The Morgan fingerprint density at radius 2 is 1.82 bits per heavy atom. The van der Waals surface area contributed by atoms with Gasteiger partial charge in [0.25, 0.3) is 0 Å². The van der Waals surface area contributed by atoms with Crippen molar-refractivity contribution in [3.63, 3.8) is 0 Å². The second-order valence-corrected chi connectivity index (χ2v) is 4.27. The van der Waals surface area contributed by atoms with Crippen LogP contribution in [0.5, 0.6) is 0 Å². The zero-order valence-electron chi connectivity index (χ0n) is 10.0. The van der Waals surface area contributed by atoms with Crippen LogP contribution in [-0.2, 0) is 9.47 Å². The molecule has 1 heterocycles. The lowest BCUT2D eigenvalue weighted by Crippen LogP contribution is -2.59. The summed E-state index contributed by atoms with van der Waals surface area (Å²) < 4.78 is 10.3. The van der Waals surface area contributed by atoms with Crippen molar-refractivity contribution in [1.29, 1.82) is 0 Å². The molecule has 0 bridgehead atoms. The number of hydrogen-bond donors (Lipinski definition) is 4. The fourth-order valence-electron chi connectivity index (χ4n) is 1.82. The molecule has 0 aromatic carbocycles. The van der Waals surface area contributed by atoms with E-state index in [4.69, 9.17) is 14.6 Å². The number of rotatable bonds is 6. The summed E-state index contributed by atoms with van der Waals surface area (Å²) in [6.45, 7) is 1.99. The van der Waals surface area contributed by atoms with E-state index in [0.717, 1.165) is 19.3 Å². The second kappa shape index (κ2) is 7.25. The molecule has 0 spiro atoms. The Kier molecular flexibility index (Phi) is 6.32. The van der Waals surface area contributed by atoms with Gasteiger partial charge in [0.2, 0.25) is 0 Å². The van der Waals surface area contributed by atoms with Crippen LogP contribution in [0.15, 0.2) is 0 Å². The summed E-state index contributed by atoms with van der Waals surface area (Å²) in [4.78, 5) is 0. The molecule has 0 radical (unpaired) electrons. The monoisotopic (exact) mass is 250 g/mol. The van der Waals surface area contributed by atoms with Gasteiger partial charge in [-0.2, -0.15) is 0 Å². The average molecular weight is 250 g/mol. The van der Waals surface area contributed by atoms with E-state index in [0.29, 0.717) is 6.61 Å². The van der Waals surface area contributed by atoms with E-state index in [1.807, 2.05) is 0 Å². The van der Waals surface area contributed by atoms with Crippen LogP contribution < -0.4 is 0 Å². The number of aliphatic hydroxyl groups is 4. The van der Waals surface area contributed by atoms with Gasteiger partial charge in [0.1, 0.15) is 24.4 Å². The third kappa shape index (κ3) is 3.87. The van der Waals surface area contributed by atoms with Crippen LogP contribution in [0.25, 0.3) is 0 Å². The van der Waals surface area contributed by atoms with Crippen molar-refractivity contribution >= 4 is 0 Å². The highest BCUT2D eigenvalue weighted by Crippen LogP contribution is 2.22. The first-order valence-electron chi connectivity index (χ1n) is 6.04. The van der Waals surface area contributed by atoms with Crippen molar-refractivity contribution in [1.82, 2.24) is 0 Å². The molecule has 5 atom stereocenters. The summed E-state index contributed by atoms with van der Waals surface area (Å²) in [5, 5.41) is 37.8. The van der Waals surface area contributed by atoms with Gasteiger partial charge in [-0.15, -0.1) is 0 Å². The summed E-state index contributed by atoms with van der Waals surface area (Å²) in [7, 11) is 0. The quantitative estimate of drug-likeness (QED) is 0.451. The first kappa shape index (κ1) is 14.8. The minimum absolute atomic E-state index is 0.395. The maximum atomic E-state index is 9.74. The molecule has 6 heteroatoms. The van der Waals surface area contributed by atoms with Gasteiger partial charge in [0, 0.05) is 6.61 Å². The molecule has 1 saturated heterocycles. The SMILES string of the molecule is CCCCCO[C@H]1C(O)O[C@H](CO)[C@@H](O)[C@@H]1O. The molecule has 0 saturated carbocycles. The van der Waals surface area contributed by atoms with Crippen LogP contribution in [0.3, 0.4) is 0 Å². The molecular formula is C11H22O6. The normalized spacial score (nSPS) is 38.3. The molecule has 102 valence electrons. The van der Waals surface area contributed by atoms with E-state index < -0.39 is 37.3 Å². The molecule has 1 aliphatic rings. The van der Waals surface area contributed by atoms with Crippen molar-refractivity contribution in [3.05, 3.63) is 0 Å². The lowest BCUT2D eigenvalue weighted by molar-refractivity contribution is -0.296. The Labute approximate surface area is 101 Å². The molecule has 0 aliphatic carbocycles. The van der Waals surface area contributed by atoms with Gasteiger partial charge in [-0.3, -0.25) is 0 Å². The zero-order valence-corrected chi connectivity index (χ0v) is 10.0. The molecule has 0 amide bonds.